The summed E-state index contributed by atoms with van der Waals surface area (Å²) < 4.78 is 1.45. The van der Waals surface area contributed by atoms with Gasteiger partial charge in [0.05, 0.1) is 17.7 Å². The van der Waals surface area contributed by atoms with Crippen LogP contribution in [0.2, 0.25) is 0 Å². The average molecular weight is 326 g/mol. The van der Waals surface area contributed by atoms with E-state index >= 15 is 0 Å². The fourth-order valence-corrected chi connectivity index (χ4v) is 3.93. The van der Waals surface area contributed by atoms with Crippen molar-refractivity contribution in [2.24, 2.45) is 0 Å². The van der Waals surface area contributed by atoms with Gasteiger partial charge in [0.25, 0.3) is 5.91 Å². The van der Waals surface area contributed by atoms with E-state index in [-0.39, 0.29) is 11.8 Å². The zero-order valence-electron chi connectivity index (χ0n) is 13.7. The number of nitrogens with two attached hydrogens (primary N) is 1. The van der Waals surface area contributed by atoms with Crippen molar-refractivity contribution in [2.45, 2.75) is 44.6 Å². The van der Waals surface area contributed by atoms with E-state index in [1.165, 1.54) is 4.68 Å². The van der Waals surface area contributed by atoms with Gasteiger partial charge < -0.3 is 16.2 Å². The van der Waals surface area contributed by atoms with Crippen LogP contribution >= 0.6 is 0 Å². The Labute approximate surface area is 140 Å². The lowest BCUT2D eigenvalue weighted by Crippen LogP contribution is -2.30. The average Bonchev–Trinajstić information content (AvgIpc) is 2.90. The standard InChI is InChI=1S/C18H22N4O2/c1-10-3-2-4-12-13(7-8-20-16(10)12)18(24)22-15-9-11(23)5-6-14(15)17(19)21-22/h2-4,11,13,20,23H,5-9H2,1H3,(H2,19,21)/t11-,13-/m1/s1. The van der Waals surface area contributed by atoms with Gasteiger partial charge in [0.2, 0.25) is 0 Å². The SMILES string of the molecule is Cc1cccc2c1NCC[C@H]2C(=O)n1nc(N)c2c1C[C@H](O)CC2. The third-order valence-corrected chi connectivity index (χ3v) is 5.20. The number of hydrogen-bond acceptors (Lipinski definition) is 5. The summed E-state index contributed by atoms with van der Waals surface area (Å²) in [7, 11) is 0. The largest absolute Gasteiger partial charge is 0.393 e. The number of carbonyl (C=O) groups is 1. The summed E-state index contributed by atoms with van der Waals surface area (Å²) in [6.07, 6.45) is 2.09. The molecule has 2 aliphatic rings. The highest BCUT2D eigenvalue weighted by Gasteiger charge is 2.33. The summed E-state index contributed by atoms with van der Waals surface area (Å²) in [5.74, 6) is 0.137. The summed E-state index contributed by atoms with van der Waals surface area (Å²) in [4.78, 5) is 13.2. The predicted octanol–water partition coefficient (Wildman–Crippen LogP) is 1.86. The molecule has 0 unspecified atom stereocenters. The zero-order valence-corrected chi connectivity index (χ0v) is 13.7. The van der Waals surface area contributed by atoms with Crippen LogP contribution in [0.4, 0.5) is 11.5 Å². The molecular weight excluding hydrogens is 304 g/mol. The molecular formula is C18H22N4O2. The number of aromatic nitrogens is 2. The van der Waals surface area contributed by atoms with Crippen molar-refractivity contribution in [1.82, 2.24) is 9.78 Å². The van der Waals surface area contributed by atoms with Gasteiger partial charge in [-0.2, -0.15) is 0 Å². The molecule has 6 nitrogen and oxygen atoms in total. The van der Waals surface area contributed by atoms with Crippen molar-refractivity contribution in [3.63, 3.8) is 0 Å². The molecule has 126 valence electrons. The second kappa shape index (κ2) is 5.63. The predicted molar refractivity (Wildman–Crippen MR) is 92.3 cm³/mol. The van der Waals surface area contributed by atoms with E-state index in [2.05, 4.69) is 10.4 Å². The summed E-state index contributed by atoms with van der Waals surface area (Å²) in [6, 6.07) is 6.03. The number of aliphatic hydroxyl groups is 1. The number of aliphatic hydroxyl groups excluding tert-OH is 1. The van der Waals surface area contributed by atoms with Crippen LogP contribution in [-0.4, -0.2) is 33.4 Å². The van der Waals surface area contributed by atoms with Crippen LogP contribution in [-0.2, 0) is 12.8 Å². The summed E-state index contributed by atoms with van der Waals surface area (Å²) in [5.41, 5.74) is 10.9. The van der Waals surface area contributed by atoms with Crippen molar-refractivity contribution in [2.75, 3.05) is 17.6 Å². The Balaban J connectivity index is 1.75. The molecule has 0 radical (unpaired) electrons. The maximum absolute atomic E-state index is 13.2. The third kappa shape index (κ3) is 2.29. The first-order valence-electron chi connectivity index (χ1n) is 8.48. The number of anilines is 2. The van der Waals surface area contributed by atoms with Crippen LogP contribution in [0, 0.1) is 6.92 Å². The van der Waals surface area contributed by atoms with Crippen molar-refractivity contribution >= 4 is 17.4 Å². The fraction of sp³-hybridized carbons (Fsp3) is 0.444. The van der Waals surface area contributed by atoms with Crippen LogP contribution in [0.1, 0.15) is 45.9 Å². The van der Waals surface area contributed by atoms with Crippen LogP contribution < -0.4 is 11.1 Å². The minimum Gasteiger partial charge on any atom is -0.393 e. The number of nitrogen functional groups attached to an aromatic ring is 1. The molecule has 0 spiro atoms. The number of fused-ring (bicyclic) bond motifs is 2. The van der Waals surface area contributed by atoms with Gasteiger partial charge in [0.1, 0.15) is 5.82 Å². The lowest BCUT2D eigenvalue weighted by molar-refractivity contribution is 0.0846. The number of nitrogens with zero attached hydrogens (tertiary/aromatic N) is 2. The first-order valence-corrected chi connectivity index (χ1v) is 8.48. The molecule has 4 N–H and O–H groups in total. The van der Waals surface area contributed by atoms with Crippen LogP contribution in [0.25, 0.3) is 0 Å². The van der Waals surface area contributed by atoms with Crippen molar-refractivity contribution in [3.05, 3.63) is 40.6 Å². The maximum atomic E-state index is 13.2. The van der Waals surface area contributed by atoms with E-state index in [9.17, 15) is 9.90 Å². The minimum absolute atomic E-state index is 0.0506. The minimum atomic E-state index is -0.428. The van der Waals surface area contributed by atoms with E-state index < -0.39 is 6.10 Å². The van der Waals surface area contributed by atoms with Crippen LogP contribution in [0.3, 0.4) is 0 Å². The van der Waals surface area contributed by atoms with E-state index in [1.54, 1.807) is 0 Å². The monoisotopic (exact) mass is 326 g/mol. The molecule has 0 bridgehead atoms. The van der Waals surface area contributed by atoms with Crippen molar-refractivity contribution in [3.8, 4) is 0 Å². The van der Waals surface area contributed by atoms with Gasteiger partial charge in [-0.25, -0.2) is 4.68 Å². The molecule has 2 aromatic rings. The van der Waals surface area contributed by atoms with Crippen LogP contribution in [0.5, 0.6) is 0 Å². The number of carbonyl (C=O) groups excluding carboxylic acids is 1. The molecule has 0 amide bonds. The van der Waals surface area contributed by atoms with Gasteiger partial charge in [-0.3, -0.25) is 4.79 Å². The Hall–Kier alpha value is -2.34. The number of nitrogens with one attached hydrogen (secondary N) is 1. The van der Waals surface area contributed by atoms with Gasteiger partial charge in [0.15, 0.2) is 0 Å². The molecule has 24 heavy (non-hydrogen) atoms. The third-order valence-electron chi connectivity index (χ3n) is 5.20. The van der Waals surface area contributed by atoms with Gasteiger partial charge in [0, 0.05) is 24.2 Å². The highest BCUT2D eigenvalue weighted by atomic mass is 16.3. The highest BCUT2D eigenvalue weighted by molar-refractivity contribution is 5.89. The number of benzene rings is 1. The summed E-state index contributed by atoms with van der Waals surface area (Å²) in [6.45, 7) is 2.80. The van der Waals surface area contributed by atoms with Crippen molar-refractivity contribution in [1.29, 1.82) is 0 Å². The normalized spacial score (nSPS) is 22.4. The smallest absolute Gasteiger partial charge is 0.254 e. The zero-order chi connectivity index (χ0) is 16.8. The lowest BCUT2D eigenvalue weighted by Gasteiger charge is -2.27. The van der Waals surface area contributed by atoms with Gasteiger partial charge in [-0.15, -0.1) is 5.10 Å². The molecule has 2 atom stereocenters. The van der Waals surface area contributed by atoms with E-state index in [0.717, 1.165) is 41.0 Å². The molecule has 1 aromatic heterocycles. The molecule has 0 fully saturated rings. The number of rotatable bonds is 1. The molecule has 1 aliphatic heterocycles. The fourth-order valence-electron chi connectivity index (χ4n) is 3.93. The topological polar surface area (TPSA) is 93.2 Å². The first kappa shape index (κ1) is 15.2. The first-order chi connectivity index (χ1) is 11.6. The lowest BCUT2D eigenvalue weighted by atomic mass is 9.88. The number of aryl methyl sites for hydroxylation is 1. The van der Waals surface area contributed by atoms with E-state index in [4.69, 9.17) is 5.73 Å². The number of para-hydroxylation sites is 1. The van der Waals surface area contributed by atoms with Gasteiger partial charge >= 0.3 is 0 Å². The molecule has 1 aliphatic carbocycles. The van der Waals surface area contributed by atoms with E-state index in [0.29, 0.717) is 25.1 Å². The Morgan fingerprint density at radius 1 is 1.42 bits per heavy atom. The second-order valence-electron chi connectivity index (χ2n) is 6.76. The maximum Gasteiger partial charge on any atom is 0.254 e. The number of hydrogen-bond donors (Lipinski definition) is 3. The van der Waals surface area contributed by atoms with Gasteiger partial charge in [-0.1, -0.05) is 18.2 Å². The molecule has 2 heterocycles. The second-order valence-corrected chi connectivity index (χ2v) is 6.76. The quantitative estimate of drug-likeness (QED) is 0.744. The molecule has 0 saturated carbocycles. The Morgan fingerprint density at radius 2 is 2.25 bits per heavy atom. The Bertz CT molecular complexity index is 812. The van der Waals surface area contributed by atoms with Gasteiger partial charge in [-0.05, 0) is 37.3 Å². The molecule has 0 saturated heterocycles. The Morgan fingerprint density at radius 3 is 3.08 bits per heavy atom. The van der Waals surface area contributed by atoms with Crippen LogP contribution in [0.15, 0.2) is 18.2 Å². The highest BCUT2D eigenvalue weighted by Crippen LogP contribution is 2.36. The summed E-state index contributed by atoms with van der Waals surface area (Å²) in [5, 5.41) is 17.7. The molecule has 1 aromatic carbocycles. The summed E-state index contributed by atoms with van der Waals surface area (Å²) >= 11 is 0. The molecule has 4 rings (SSSR count). The Kier molecular flexibility index (Phi) is 3.57. The van der Waals surface area contributed by atoms with E-state index in [1.807, 2.05) is 25.1 Å². The molecule has 6 heteroatoms. The van der Waals surface area contributed by atoms with Crippen molar-refractivity contribution < 1.29 is 9.90 Å².